The Morgan fingerprint density at radius 2 is 0.824 bits per heavy atom. The van der Waals surface area contributed by atoms with Gasteiger partial charge in [-0.05, 0) is 46.4 Å². The van der Waals surface area contributed by atoms with Crippen LogP contribution in [0.4, 0.5) is 26.3 Å². The van der Waals surface area contributed by atoms with Gasteiger partial charge in [0.15, 0.2) is 0 Å². The summed E-state index contributed by atoms with van der Waals surface area (Å²) in [4.78, 5) is 5.81. The number of halogens is 10. The summed E-state index contributed by atoms with van der Waals surface area (Å²) in [6.07, 6.45) is 0. The lowest BCUT2D eigenvalue weighted by atomic mass is 10.7. The van der Waals surface area contributed by atoms with Crippen LogP contribution >= 0.6 is 46.4 Å². The van der Waals surface area contributed by atoms with Gasteiger partial charge in [0.2, 0.25) is 0 Å². The molecular formula is C4Cl4F6O3. The Balaban J connectivity index is 4.36. The average molecular weight is 352 g/mol. The van der Waals surface area contributed by atoms with E-state index in [1.54, 1.807) is 0 Å². The highest BCUT2D eigenvalue weighted by molar-refractivity contribution is 6.32. The van der Waals surface area contributed by atoms with E-state index in [1.807, 2.05) is 0 Å². The van der Waals surface area contributed by atoms with E-state index in [2.05, 4.69) is 61.2 Å². The molecule has 0 aromatic carbocycles. The highest BCUT2D eigenvalue weighted by Crippen LogP contribution is 2.43. The Labute approximate surface area is 109 Å². The van der Waals surface area contributed by atoms with Gasteiger partial charge >= 0.3 is 21.4 Å². The second-order valence-corrected chi connectivity index (χ2v) is 4.19. The molecule has 0 saturated heterocycles. The van der Waals surface area contributed by atoms with Crippen LogP contribution in [0.3, 0.4) is 0 Å². The predicted molar refractivity (Wildman–Crippen MR) is 44.2 cm³/mol. The minimum Gasteiger partial charge on any atom is -0.182 e. The zero-order valence-corrected chi connectivity index (χ0v) is 10.0. The summed E-state index contributed by atoms with van der Waals surface area (Å²) in [6, 6.07) is 0. The minimum absolute atomic E-state index is 2.87. The van der Waals surface area contributed by atoms with Crippen LogP contribution in [0.15, 0.2) is 0 Å². The van der Waals surface area contributed by atoms with Crippen LogP contribution in [0.25, 0.3) is 0 Å². The van der Waals surface area contributed by atoms with Crippen molar-refractivity contribution in [2.24, 2.45) is 0 Å². The van der Waals surface area contributed by atoms with Gasteiger partial charge in [-0.1, -0.05) is 5.04 Å². The van der Waals surface area contributed by atoms with Crippen molar-refractivity contribution in [2.75, 3.05) is 0 Å². The standard InChI is InChI=1S/C4Cl4F6O3/c5-1(9,10)3(7,13)15-17-16-4(8,14)2(6,11)12. The Hall–Kier alpha value is 0.620. The maximum atomic E-state index is 12.5. The van der Waals surface area contributed by atoms with Crippen LogP contribution in [0, 0.1) is 0 Å². The fraction of sp³-hybridized carbons (Fsp3) is 1.00. The summed E-state index contributed by atoms with van der Waals surface area (Å²) in [6.45, 7) is 0. The van der Waals surface area contributed by atoms with Crippen molar-refractivity contribution in [1.29, 1.82) is 0 Å². The van der Waals surface area contributed by atoms with E-state index in [9.17, 15) is 26.3 Å². The summed E-state index contributed by atoms with van der Waals surface area (Å²) >= 11 is 16.7. The molecule has 0 aliphatic rings. The van der Waals surface area contributed by atoms with E-state index >= 15 is 0 Å². The van der Waals surface area contributed by atoms with Crippen molar-refractivity contribution >= 4 is 46.4 Å². The first-order valence-corrected chi connectivity index (χ1v) is 4.64. The van der Waals surface area contributed by atoms with E-state index in [0.717, 1.165) is 0 Å². The molecule has 104 valence electrons. The first-order valence-electron chi connectivity index (χ1n) is 3.13. The largest absolute Gasteiger partial charge is 0.397 e. The van der Waals surface area contributed by atoms with Crippen molar-refractivity contribution in [3.63, 3.8) is 0 Å². The fourth-order valence-electron chi connectivity index (χ4n) is 0.197. The lowest BCUT2D eigenvalue weighted by molar-refractivity contribution is -0.590. The Morgan fingerprint density at radius 1 is 0.588 bits per heavy atom. The molecule has 0 saturated carbocycles. The number of alkyl halides is 10. The van der Waals surface area contributed by atoms with E-state index < -0.39 is 21.4 Å². The summed E-state index contributed by atoms with van der Waals surface area (Å²) < 4.78 is 73.3. The molecule has 17 heavy (non-hydrogen) atoms. The van der Waals surface area contributed by atoms with Crippen LogP contribution in [0.1, 0.15) is 0 Å². The molecule has 0 aliphatic heterocycles. The molecule has 2 unspecified atom stereocenters. The summed E-state index contributed by atoms with van der Waals surface area (Å²) in [7, 11) is 0. The first kappa shape index (κ1) is 17.6. The van der Waals surface area contributed by atoms with Crippen LogP contribution in [-0.2, 0) is 14.8 Å². The Morgan fingerprint density at radius 3 is 1.00 bits per heavy atom. The van der Waals surface area contributed by atoms with E-state index in [4.69, 9.17) is 0 Å². The summed E-state index contributed by atoms with van der Waals surface area (Å²) in [5, 5.41) is -15.9. The van der Waals surface area contributed by atoms with E-state index in [0.29, 0.717) is 0 Å². The lowest BCUT2D eigenvalue weighted by Crippen LogP contribution is -2.41. The second-order valence-electron chi connectivity index (χ2n) is 2.26. The van der Waals surface area contributed by atoms with Crippen LogP contribution in [-0.4, -0.2) is 21.4 Å². The lowest BCUT2D eigenvalue weighted by Gasteiger charge is -2.23. The molecule has 13 heteroatoms. The van der Waals surface area contributed by atoms with Gasteiger partial charge in [-0.25, -0.2) is 0 Å². The maximum absolute atomic E-state index is 12.5. The average Bonchev–Trinajstić information content (AvgIpc) is 1.98. The Bertz CT molecular complexity index is 237. The summed E-state index contributed by atoms with van der Waals surface area (Å²) in [5.74, 6) is 0. The molecule has 0 aromatic rings. The quantitative estimate of drug-likeness (QED) is 0.310. The molecule has 0 bridgehead atoms. The van der Waals surface area contributed by atoms with Gasteiger partial charge in [-0.15, -0.1) is 9.78 Å². The molecule has 0 heterocycles. The van der Waals surface area contributed by atoms with Crippen molar-refractivity contribution in [3.8, 4) is 0 Å². The monoisotopic (exact) mass is 350 g/mol. The highest BCUT2D eigenvalue weighted by atomic mass is 35.5. The van der Waals surface area contributed by atoms with Gasteiger partial charge < -0.3 is 0 Å². The number of hydrogen-bond acceptors (Lipinski definition) is 3. The molecule has 2 atom stereocenters. The van der Waals surface area contributed by atoms with Gasteiger partial charge in [-0.2, -0.15) is 26.3 Å². The summed E-state index contributed by atoms with van der Waals surface area (Å²) in [5.41, 5.74) is 0. The minimum atomic E-state index is -4.84. The second kappa shape index (κ2) is 5.32. The van der Waals surface area contributed by atoms with Crippen molar-refractivity contribution in [3.05, 3.63) is 0 Å². The predicted octanol–water partition coefficient (Wildman–Crippen LogP) is 4.25. The van der Waals surface area contributed by atoms with Gasteiger partial charge in [0.1, 0.15) is 0 Å². The zero-order chi connectivity index (χ0) is 14.1. The normalized spacial score (nSPS) is 20.8. The van der Waals surface area contributed by atoms with Crippen LogP contribution in [0.5, 0.6) is 0 Å². The maximum Gasteiger partial charge on any atom is 0.397 e. The van der Waals surface area contributed by atoms with Crippen molar-refractivity contribution < 1.29 is 41.2 Å². The Kier molecular flexibility index (Phi) is 5.51. The van der Waals surface area contributed by atoms with Gasteiger partial charge in [0.05, 0.1) is 0 Å². The first-order chi connectivity index (χ1) is 7.21. The van der Waals surface area contributed by atoms with Crippen molar-refractivity contribution in [1.82, 2.24) is 0 Å². The topological polar surface area (TPSA) is 27.7 Å². The van der Waals surface area contributed by atoms with Gasteiger partial charge in [0.25, 0.3) is 0 Å². The molecule has 3 nitrogen and oxygen atoms in total. The molecule has 0 spiro atoms. The molecule has 0 fully saturated rings. The third kappa shape index (κ3) is 5.01. The number of hydrogen-bond donors (Lipinski definition) is 0. The molecule has 0 aromatic heterocycles. The third-order valence-corrected chi connectivity index (χ3v) is 2.22. The smallest absolute Gasteiger partial charge is 0.182 e. The highest BCUT2D eigenvalue weighted by Gasteiger charge is 2.59. The molecular weight excluding hydrogens is 352 g/mol. The molecule has 0 N–H and O–H groups in total. The van der Waals surface area contributed by atoms with Gasteiger partial charge in [0, 0.05) is 0 Å². The van der Waals surface area contributed by atoms with Crippen molar-refractivity contribution in [2.45, 2.75) is 21.4 Å². The number of rotatable bonds is 6. The molecule has 0 rings (SSSR count). The fourth-order valence-corrected chi connectivity index (χ4v) is 0.311. The SMILES string of the molecule is FC(F)(Cl)C(F)(Cl)OOOC(F)(Cl)C(F)(F)Cl. The third-order valence-electron chi connectivity index (χ3n) is 0.937. The molecule has 0 aliphatic carbocycles. The van der Waals surface area contributed by atoms with Crippen LogP contribution < -0.4 is 0 Å². The molecule has 0 radical (unpaired) electrons. The molecule has 0 amide bonds. The van der Waals surface area contributed by atoms with E-state index in [-0.39, 0.29) is 0 Å². The zero-order valence-electron chi connectivity index (χ0n) is 7.00. The van der Waals surface area contributed by atoms with Gasteiger partial charge in [-0.3, -0.25) is 0 Å². The van der Waals surface area contributed by atoms with E-state index in [1.165, 1.54) is 0 Å². The van der Waals surface area contributed by atoms with Crippen LogP contribution in [0.2, 0.25) is 0 Å².